The van der Waals surface area contributed by atoms with Gasteiger partial charge >= 0.3 is 0 Å². The largest absolute Gasteiger partial charge is 0.379 e. The maximum absolute atomic E-state index is 5.70. The highest BCUT2D eigenvalue weighted by Crippen LogP contribution is 2.28. The number of rotatable bonds is 8. The van der Waals surface area contributed by atoms with E-state index in [0.717, 1.165) is 44.6 Å². The van der Waals surface area contributed by atoms with Gasteiger partial charge in [0, 0.05) is 51.4 Å². The van der Waals surface area contributed by atoms with Gasteiger partial charge in [-0.1, -0.05) is 18.2 Å². The SMILES string of the molecule is CN=C(NCCc1cc2ccccc2[nH]1)N(C)CCOCC1CC1. The topological polar surface area (TPSA) is 52.7 Å². The van der Waals surface area contributed by atoms with E-state index in [4.69, 9.17) is 4.74 Å². The molecule has 0 amide bonds. The Balaban J connectivity index is 1.39. The molecule has 1 aromatic carbocycles. The van der Waals surface area contributed by atoms with E-state index in [-0.39, 0.29) is 0 Å². The van der Waals surface area contributed by atoms with Gasteiger partial charge in [-0.25, -0.2) is 0 Å². The molecule has 0 unspecified atom stereocenters. The van der Waals surface area contributed by atoms with Gasteiger partial charge in [-0.2, -0.15) is 0 Å². The molecule has 1 heterocycles. The molecule has 130 valence electrons. The number of aromatic nitrogens is 1. The van der Waals surface area contributed by atoms with E-state index in [1.54, 1.807) is 0 Å². The number of fused-ring (bicyclic) bond motifs is 1. The number of hydrogen-bond acceptors (Lipinski definition) is 2. The molecular weight excluding hydrogens is 300 g/mol. The normalized spacial score (nSPS) is 15.0. The van der Waals surface area contributed by atoms with Crippen molar-refractivity contribution in [3.8, 4) is 0 Å². The summed E-state index contributed by atoms with van der Waals surface area (Å²) in [6.45, 7) is 3.39. The third kappa shape index (κ3) is 4.74. The zero-order chi connectivity index (χ0) is 16.8. The van der Waals surface area contributed by atoms with Gasteiger partial charge in [0.25, 0.3) is 0 Å². The predicted molar refractivity (Wildman–Crippen MR) is 99.5 cm³/mol. The van der Waals surface area contributed by atoms with Crippen LogP contribution in [0.3, 0.4) is 0 Å². The molecule has 24 heavy (non-hydrogen) atoms. The Morgan fingerprint density at radius 3 is 2.96 bits per heavy atom. The number of likely N-dealkylation sites (N-methyl/N-ethyl adjacent to an activating group) is 1. The van der Waals surface area contributed by atoms with Gasteiger partial charge < -0.3 is 19.9 Å². The monoisotopic (exact) mass is 328 g/mol. The van der Waals surface area contributed by atoms with Gasteiger partial charge in [0.05, 0.1) is 6.61 Å². The summed E-state index contributed by atoms with van der Waals surface area (Å²) in [6.07, 6.45) is 3.62. The van der Waals surface area contributed by atoms with Crippen molar-refractivity contribution in [1.29, 1.82) is 0 Å². The molecule has 0 bridgehead atoms. The lowest BCUT2D eigenvalue weighted by Crippen LogP contribution is -2.41. The minimum atomic E-state index is 0.760. The number of nitrogens with zero attached hydrogens (tertiary/aromatic N) is 2. The number of H-pyrrole nitrogens is 1. The number of ether oxygens (including phenoxy) is 1. The van der Waals surface area contributed by atoms with Crippen LogP contribution < -0.4 is 5.32 Å². The van der Waals surface area contributed by atoms with Gasteiger partial charge in [0.15, 0.2) is 5.96 Å². The van der Waals surface area contributed by atoms with Crippen LogP contribution in [0.4, 0.5) is 0 Å². The van der Waals surface area contributed by atoms with Crippen molar-refractivity contribution < 1.29 is 4.74 Å². The molecule has 0 atom stereocenters. The van der Waals surface area contributed by atoms with Crippen molar-refractivity contribution in [1.82, 2.24) is 15.2 Å². The molecule has 2 N–H and O–H groups in total. The van der Waals surface area contributed by atoms with Crippen molar-refractivity contribution in [2.75, 3.05) is 40.4 Å². The van der Waals surface area contributed by atoms with Crippen molar-refractivity contribution in [2.45, 2.75) is 19.3 Å². The van der Waals surface area contributed by atoms with Crippen LogP contribution in [0, 0.1) is 5.92 Å². The Labute approximate surface area is 144 Å². The number of benzene rings is 1. The van der Waals surface area contributed by atoms with Gasteiger partial charge in [-0.15, -0.1) is 0 Å². The van der Waals surface area contributed by atoms with E-state index in [2.05, 4.69) is 57.6 Å². The molecule has 1 aromatic heterocycles. The molecule has 1 fully saturated rings. The highest BCUT2D eigenvalue weighted by molar-refractivity contribution is 5.80. The van der Waals surface area contributed by atoms with Gasteiger partial charge in [-0.3, -0.25) is 4.99 Å². The molecule has 1 aliphatic rings. The second-order valence-electron chi connectivity index (χ2n) is 6.55. The van der Waals surface area contributed by atoms with Crippen molar-refractivity contribution in [3.63, 3.8) is 0 Å². The maximum Gasteiger partial charge on any atom is 0.193 e. The lowest BCUT2D eigenvalue weighted by molar-refractivity contribution is 0.115. The van der Waals surface area contributed by atoms with E-state index in [1.165, 1.54) is 29.4 Å². The number of aliphatic imine (C=N–C) groups is 1. The van der Waals surface area contributed by atoms with Gasteiger partial charge in [0.2, 0.25) is 0 Å². The summed E-state index contributed by atoms with van der Waals surface area (Å²) in [5.74, 6) is 1.74. The summed E-state index contributed by atoms with van der Waals surface area (Å²) in [6, 6.07) is 10.6. The maximum atomic E-state index is 5.70. The zero-order valence-corrected chi connectivity index (χ0v) is 14.7. The second-order valence-corrected chi connectivity index (χ2v) is 6.55. The lowest BCUT2D eigenvalue weighted by atomic mass is 10.2. The highest BCUT2D eigenvalue weighted by atomic mass is 16.5. The lowest BCUT2D eigenvalue weighted by Gasteiger charge is -2.22. The Kier molecular flexibility index (Phi) is 5.75. The highest BCUT2D eigenvalue weighted by Gasteiger charge is 2.21. The smallest absolute Gasteiger partial charge is 0.193 e. The van der Waals surface area contributed by atoms with Crippen LogP contribution in [0.5, 0.6) is 0 Å². The number of nitrogens with one attached hydrogen (secondary N) is 2. The molecule has 2 aromatic rings. The van der Waals surface area contributed by atoms with Crippen LogP contribution in [0.25, 0.3) is 10.9 Å². The summed E-state index contributed by atoms with van der Waals surface area (Å²) >= 11 is 0. The van der Waals surface area contributed by atoms with Crippen LogP contribution in [-0.4, -0.2) is 56.2 Å². The summed E-state index contributed by atoms with van der Waals surface area (Å²) in [4.78, 5) is 9.94. The molecule has 5 nitrogen and oxygen atoms in total. The third-order valence-electron chi connectivity index (χ3n) is 4.46. The first-order chi connectivity index (χ1) is 11.8. The Morgan fingerprint density at radius 1 is 1.38 bits per heavy atom. The van der Waals surface area contributed by atoms with Crippen LogP contribution in [0.2, 0.25) is 0 Å². The van der Waals surface area contributed by atoms with Crippen molar-refractivity contribution >= 4 is 16.9 Å². The average molecular weight is 328 g/mol. The summed E-state index contributed by atoms with van der Waals surface area (Å²) in [7, 11) is 3.88. The molecular formula is C19H28N4O. The van der Waals surface area contributed by atoms with Crippen LogP contribution in [-0.2, 0) is 11.2 Å². The standard InChI is InChI=1S/C19H28N4O/c1-20-19(23(2)11-12-24-14-15-7-8-15)21-10-9-17-13-16-5-3-4-6-18(16)22-17/h3-6,13,15,22H,7-12,14H2,1-2H3,(H,20,21). The second kappa shape index (κ2) is 8.20. The molecule has 0 radical (unpaired) electrons. The predicted octanol–water partition coefficient (Wildman–Crippen LogP) is 2.64. The summed E-state index contributed by atoms with van der Waals surface area (Å²) in [5, 5.41) is 4.69. The van der Waals surface area contributed by atoms with E-state index >= 15 is 0 Å². The van der Waals surface area contributed by atoms with Crippen LogP contribution >= 0.6 is 0 Å². The first-order valence-corrected chi connectivity index (χ1v) is 8.82. The van der Waals surface area contributed by atoms with Crippen LogP contribution in [0.1, 0.15) is 18.5 Å². The van der Waals surface area contributed by atoms with E-state index in [1.807, 2.05) is 7.05 Å². The van der Waals surface area contributed by atoms with Gasteiger partial charge in [-0.05, 0) is 36.3 Å². The van der Waals surface area contributed by atoms with Crippen LogP contribution in [0.15, 0.2) is 35.3 Å². The van der Waals surface area contributed by atoms with E-state index in [9.17, 15) is 0 Å². The molecule has 5 heteroatoms. The Morgan fingerprint density at radius 2 is 2.21 bits per heavy atom. The summed E-state index contributed by atoms with van der Waals surface area (Å²) in [5.41, 5.74) is 2.44. The molecule has 0 saturated heterocycles. The summed E-state index contributed by atoms with van der Waals surface area (Å²) < 4.78 is 5.70. The van der Waals surface area contributed by atoms with Crippen molar-refractivity contribution in [3.05, 3.63) is 36.0 Å². The fourth-order valence-corrected chi connectivity index (χ4v) is 2.80. The van der Waals surface area contributed by atoms with E-state index < -0.39 is 0 Å². The molecule has 1 saturated carbocycles. The minimum Gasteiger partial charge on any atom is -0.379 e. The minimum absolute atomic E-state index is 0.760. The molecule has 1 aliphatic carbocycles. The Hall–Kier alpha value is -2.01. The number of guanidine groups is 1. The number of para-hydroxylation sites is 1. The first kappa shape index (κ1) is 16.8. The molecule has 0 aliphatic heterocycles. The Bertz CT molecular complexity index is 642. The third-order valence-corrected chi connectivity index (χ3v) is 4.46. The quantitative estimate of drug-likeness (QED) is 0.445. The average Bonchev–Trinajstić information content (AvgIpc) is 3.32. The number of aromatic amines is 1. The molecule has 0 spiro atoms. The first-order valence-electron chi connectivity index (χ1n) is 8.82. The molecule has 3 rings (SSSR count). The number of hydrogen-bond donors (Lipinski definition) is 2. The fourth-order valence-electron chi connectivity index (χ4n) is 2.80. The van der Waals surface area contributed by atoms with Gasteiger partial charge in [0.1, 0.15) is 0 Å². The zero-order valence-electron chi connectivity index (χ0n) is 14.7. The van der Waals surface area contributed by atoms with Crippen molar-refractivity contribution in [2.24, 2.45) is 10.9 Å². The fraction of sp³-hybridized carbons (Fsp3) is 0.526. The van der Waals surface area contributed by atoms with E-state index in [0.29, 0.717) is 0 Å².